The van der Waals surface area contributed by atoms with E-state index in [2.05, 4.69) is 10.3 Å². The quantitative estimate of drug-likeness (QED) is 0.770. The van der Waals surface area contributed by atoms with Crippen molar-refractivity contribution in [1.82, 2.24) is 15.0 Å². The number of fused-ring (bicyclic) bond motifs is 3. The van der Waals surface area contributed by atoms with Crippen molar-refractivity contribution in [2.75, 3.05) is 0 Å². The van der Waals surface area contributed by atoms with Crippen LogP contribution in [0.15, 0.2) is 24.3 Å². The van der Waals surface area contributed by atoms with Crippen LogP contribution in [0.1, 0.15) is 34.7 Å². The number of carbonyl (C=O) groups is 2. The fourth-order valence-electron chi connectivity index (χ4n) is 2.31. The molecule has 2 aromatic rings. The van der Waals surface area contributed by atoms with Crippen LogP contribution in [0.4, 0.5) is 0 Å². The molecule has 5 nitrogen and oxygen atoms in total. The van der Waals surface area contributed by atoms with Gasteiger partial charge in [0.1, 0.15) is 11.4 Å². The van der Waals surface area contributed by atoms with Gasteiger partial charge in [0.2, 0.25) is 5.78 Å². The molecule has 0 N–H and O–H groups in total. The third-order valence-electron chi connectivity index (χ3n) is 3.12. The Labute approximate surface area is 110 Å². The number of benzene rings is 1. The number of carbonyl (C=O) groups excluding carboxylic acids is 2. The van der Waals surface area contributed by atoms with Crippen molar-refractivity contribution in [2.45, 2.75) is 20.4 Å². The lowest BCUT2D eigenvalue weighted by molar-refractivity contribution is 0.0808. The van der Waals surface area contributed by atoms with Crippen molar-refractivity contribution < 1.29 is 9.59 Å². The molecular weight excluding hydrogens is 242 g/mol. The summed E-state index contributed by atoms with van der Waals surface area (Å²) in [4.78, 5) is 24.3. The summed E-state index contributed by atoms with van der Waals surface area (Å²) < 4.78 is 1.54. The van der Waals surface area contributed by atoms with E-state index < -0.39 is 11.6 Å². The number of ketones is 2. The Morgan fingerprint density at radius 2 is 1.79 bits per heavy atom. The minimum atomic E-state index is -0.514. The van der Waals surface area contributed by atoms with E-state index in [9.17, 15) is 9.59 Å². The van der Waals surface area contributed by atoms with E-state index in [-0.39, 0.29) is 0 Å². The zero-order chi connectivity index (χ0) is 13.6. The molecule has 0 amide bonds. The first kappa shape index (κ1) is 11.8. The van der Waals surface area contributed by atoms with E-state index in [4.69, 9.17) is 0 Å². The van der Waals surface area contributed by atoms with E-state index in [1.165, 1.54) is 4.68 Å². The molecule has 1 aromatic heterocycles. The lowest BCUT2D eigenvalue weighted by Gasteiger charge is -2.14. The zero-order valence-corrected chi connectivity index (χ0v) is 10.8. The first-order chi connectivity index (χ1) is 9.09. The van der Waals surface area contributed by atoms with E-state index in [0.29, 0.717) is 35.0 Å². The largest absolute Gasteiger partial charge is 0.285 e. The zero-order valence-electron chi connectivity index (χ0n) is 10.8. The normalized spacial score (nSPS) is 13.6. The minimum Gasteiger partial charge on any atom is -0.285 e. The number of nitrogens with zero attached hydrogens (tertiary/aromatic N) is 3. The van der Waals surface area contributed by atoms with Gasteiger partial charge in [-0.05, 0) is 5.92 Å². The average molecular weight is 255 g/mol. The maximum atomic E-state index is 12.2. The van der Waals surface area contributed by atoms with Gasteiger partial charge in [-0.25, -0.2) is 4.68 Å². The fourth-order valence-corrected chi connectivity index (χ4v) is 2.31. The minimum absolute atomic E-state index is 0.317. The van der Waals surface area contributed by atoms with E-state index in [1.54, 1.807) is 18.2 Å². The van der Waals surface area contributed by atoms with Gasteiger partial charge in [-0.3, -0.25) is 9.59 Å². The highest BCUT2D eigenvalue weighted by Crippen LogP contribution is 2.31. The van der Waals surface area contributed by atoms with Gasteiger partial charge in [0, 0.05) is 17.7 Å². The second kappa shape index (κ2) is 4.12. The molecule has 0 saturated heterocycles. The van der Waals surface area contributed by atoms with E-state index >= 15 is 0 Å². The van der Waals surface area contributed by atoms with Crippen LogP contribution >= 0.6 is 0 Å². The first-order valence-corrected chi connectivity index (χ1v) is 6.21. The summed E-state index contributed by atoms with van der Waals surface area (Å²) in [6, 6.07) is 7.02. The van der Waals surface area contributed by atoms with Crippen molar-refractivity contribution in [3.8, 4) is 11.3 Å². The lowest BCUT2D eigenvalue weighted by atomic mass is 9.90. The maximum Gasteiger partial charge on any atom is 0.253 e. The highest BCUT2D eigenvalue weighted by molar-refractivity contribution is 6.52. The molecule has 1 heterocycles. The van der Waals surface area contributed by atoms with Crippen molar-refractivity contribution >= 4 is 11.6 Å². The molecule has 1 aliphatic carbocycles. The van der Waals surface area contributed by atoms with Crippen molar-refractivity contribution in [3.05, 3.63) is 35.5 Å². The summed E-state index contributed by atoms with van der Waals surface area (Å²) in [7, 11) is 0. The van der Waals surface area contributed by atoms with Crippen molar-refractivity contribution in [2.24, 2.45) is 5.92 Å². The Bertz CT molecular complexity index is 686. The van der Waals surface area contributed by atoms with Crippen LogP contribution in [0.3, 0.4) is 0 Å². The molecule has 96 valence electrons. The molecule has 0 spiro atoms. The topological polar surface area (TPSA) is 64.8 Å². The maximum absolute atomic E-state index is 12.2. The van der Waals surface area contributed by atoms with Crippen LogP contribution in [0.25, 0.3) is 11.3 Å². The molecule has 0 aliphatic heterocycles. The first-order valence-electron chi connectivity index (χ1n) is 6.21. The van der Waals surface area contributed by atoms with Gasteiger partial charge in [0.05, 0.1) is 0 Å². The lowest BCUT2D eigenvalue weighted by Crippen LogP contribution is -2.25. The molecule has 19 heavy (non-hydrogen) atoms. The summed E-state index contributed by atoms with van der Waals surface area (Å²) in [5.41, 5.74) is 1.94. The van der Waals surface area contributed by atoms with Crippen LogP contribution in [0.5, 0.6) is 0 Å². The van der Waals surface area contributed by atoms with Crippen LogP contribution in [-0.4, -0.2) is 26.6 Å². The number of aromatic nitrogens is 3. The van der Waals surface area contributed by atoms with Gasteiger partial charge in [0.15, 0.2) is 0 Å². The predicted octanol–water partition coefficient (Wildman–Crippen LogP) is 1.98. The van der Waals surface area contributed by atoms with Gasteiger partial charge in [-0.2, -0.15) is 0 Å². The third kappa shape index (κ3) is 1.69. The SMILES string of the molecule is CC(C)Cn1nnc2c1C(=O)C(=O)c1ccccc1-2. The molecule has 0 unspecified atom stereocenters. The molecular formula is C14H13N3O2. The van der Waals surface area contributed by atoms with Crippen LogP contribution in [0, 0.1) is 5.92 Å². The predicted molar refractivity (Wildman–Crippen MR) is 69.0 cm³/mol. The van der Waals surface area contributed by atoms with Crippen LogP contribution in [-0.2, 0) is 6.54 Å². The van der Waals surface area contributed by atoms with Gasteiger partial charge >= 0.3 is 0 Å². The Kier molecular flexibility index (Phi) is 2.55. The number of hydrogen-bond acceptors (Lipinski definition) is 4. The molecule has 0 saturated carbocycles. The molecule has 0 fully saturated rings. The molecule has 1 aliphatic rings. The van der Waals surface area contributed by atoms with Crippen molar-refractivity contribution in [3.63, 3.8) is 0 Å². The van der Waals surface area contributed by atoms with Crippen molar-refractivity contribution in [1.29, 1.82) is 0 Å². The molecule has 0 bridgehead atoms. The smallest absolute Gasteiger partial charge is 0.253 e. The molecule has 1 aromatic carbocycles. The standard InChI is InChI=1S/C14H13N3O2/c1-8(2)7-17-12-11(15-16-17)9-5-3-4-6-10(9)13(18)14(12)19/h3-6,8H,7H2,1-2H3. The second-order valence-corrected chi connectivity index (χ2v) is 5.07. The van der Waals surface area contributed by atoms with Gasteiger partial charge < -0.3 is 0 Å². The summed E-state index contributed by atoms with van der Waals surface area (Å²) >= 11 is 0. The van der Waals surface area contributed by atoms with Crippen LogP contribution in [0.2, 0.25) is 0 Å². The monoisotopic (exact) mass is 255 g/mol. The van der Waals surface area contributed by atoms with Gasteiger partial charge in [0.25, 0.3) is 5.78 Å². The van der Waals surface area contributed by atoms with Crippen LogP contribution < -0.4 is 0 Å². The number of Topliss-reactive ketones (excluding diaryl/α,β-unsaturated/α-hetero) is 2. The Hall–Kier alpha value is -2.30. The van der Waals surface area contributed by atoms with Gasteiger partial charge in [-0.1, -0.05) is 43.3 Å². The highest BCUT2D eigenvalue weighted by Gasteiger charge is 2.35. The molecule has 0 atom stereocenters. The third-order valence-corrected chi connectivity index (χ3v) is 3.12. The number of rotatable bonds is 2. The summed E-state index contributed by atoms with van der Waals surface area (Å²) in [6.07, 6.45) is 0. The summed E-state index contributed by atoms with van der Waals surface area (Å²) in [6.45, 7) is 4.62. The average Bonchev–Trinajstić information content (AvgIpc) is 2.79. The van der Waals surface area contributed by atoms with E-state index in [0.717, 1.165) is 0 Å². The van der Waals surface area contributed by atoms with Gasteiger partial charge in [-0.15, -0.1) is 5.10 Å². The fraction of sp³-hybridized carbons (Fsp3) is 0.286. The Morgan fingerprint density at radius 1 is 1.11 bits per heavy atom. The Morgan fingerprint density at radius 3 is 2.47 bits per heavy atom. The molecule has 5 heteroatoms. The number of hydrogen-bond donors (Lipinski definition) is 0. The Balaban J connectivity index is 2.23. The summed E-state index contributed by atoms with van der Waals surface area (Å²) in [5, 5.41) is 8.09. The molecule has 0 radical (unpaired) electrons. The molecule has 3 rings (SSSR count). The van der Waals surface area contributed by atoms with E-state index in [1.807, 2.05) is 19.9 Å². The second-order valence-electron chi connectivity index (χ2n) is 5.07. The highest BCUT2D eigenvalue weighted by atomic mass is 16.2. The summed E-state index contributed by atoms with van der Waals surface area (Å²) in [5.74, 6) is -0.666.